The number of carbonyl (C=O) groups excluding carboxylic acids is 2. The normalized spacial score (nSPS) is 11.1. The molecule has 0 saturated heterocycles. The van der Waals surface area contributed by atoms with Crippen molar-refractivity contribution in [2.75, 3.05) is 19.0 Å². The maximum atomic E-state index is 12.2. The van der Waals surface area contributed by atoms with E-state index in [2.05, 4.69) is 14.8 Å². The molecule has 0 aromatic heterocycles. The predicted molar refractivity (Wildman–Crippen MR) is 87.9 cm³/mol. The summed E-state index contributed by atoms with van der Waals surface area (Å²) < 4.78 is 45.3. The average Bonchev–Trinajstić information content (AvgIpc) is 2.60. The number of nitrogens with one attached hydrogen (secondary N) is 1. The summed E-state index contributed by atoms with van der Waals surface area (Å²) in [5, 5.41) is 2.63. The summed E-state index contributed by atoms with van der Waals surface area (Å²) in [6.07, 6.45) is -4.38. The van der Waals surface area contributed by atoms with Crippen LogP contribution in [0.4, 0.5) is 18.9 Å². The van der Waals surface area contributed by atoms with Gasteiger partial charge in [-0.05, 0) is 35.9 Å². The van der Waals surface area contributed by atoms with Gasteiger partial charge in [0.1, 0.15) is 6.61 Å². The van der Waals surface area contributed by atoms with Gasteiger partial charge in [-0.15, -0.1) is 0 Å². The Hall–Kier alpha value is -2.87. The van der Waals surface area contributed by atoms with Crippen molar-refractivity contribution in [3.05, 3.63) is 65.2 Å². The van der Waals surface area contributed by atoms with E-state index >= 15 is 0 Å². The molecule has 138 valence electrons. The molecule has 5 nitrogen and oxygen atoms in total. The lowest BCUT2D eigenvalue weighted by Crippen LogP contribution is -2.16. The van der Waals surface area contributed by atoms with Gasteiger partial charge >= 0.3 is 12.1 Å². The number of ether oxygens (including phenoxy) is 2. The number of anilines is 1. The Morgan fingerprint density at radius 3 is 2.35 bits per heavy atom. The first-order valence-corrected chi connectivity index (χ1v) is 7.51. The van der Waals surface area contributed by atoms with E-state index in [0.717, 1.165) is 0 Å². The molecule has 2 aromatic rings. The summed E-state index contributed by atoms with van der Waals surface area (Å²) in [7, 11) is 1.26. The molecule has 8 heteroatoms. The van der Waals surface area contributed by atoms with Crippen molar-refractivity contribution in [3.63, 3.8) is 0 Å². The third-order valence-electron chi connectivity index (χ3n) is 3.29. The van der Waals surface area contributed by atoms with Crippen LogP contribution in [-0.4, -0.2) is 31.8 Å². The fourth-order valence-corrected chi connectivity index (χ4v) is 2.08. The van der Waals surface area contributed by atoms with Gasteiger partial charge in [-0.2, -0.15) is 13.2 Å². The van der Waals surface area contributed by atoms with Gasteiger partial charge in [0, 0.05) is 11.3 Å². The molecule has 0 aliphatic heterocycles. The molecule has 1 N–H and O–H groups in total. The average molecular weight is 367 g/mol. The van der Waals surface area contributed by atoms with Crippen LogP contribution >= 0.6 is 0 Å². The van der Waals surface area contributed by atoms with Crippen LogP contribution in [-0.2, 0) is 16.1 Å². The largest absolute Gasteiger partial charge is 0.465 e. The number of esters is 1. The van der Waals surface area contributed by atoms with E-state index in [4.69, 9.17) is 0 Å². The Balaban J connectivity index is 1.96. The van der Waals surface area contributed by atoms with Crippen molar-refractivity contribution >= 4 is 17.6 Å². The number of hydrogen-bond donors (Lipinski definition) is 1. The van der Waals surface area contributed by atoms with Crippen LogP contribution < -0.4 is 5.32 Å². The van der Waals surface area contributed by atoms with Gasteiger partial charge in [-0.3, -0.25) is 4.79 Å². The maximum Gasteiger partial charge on any atom is 0.411 e. The van der Waals surface area contributed by atoms with Gasteiger partial charge in [0.15, 0.2) is 0 Å². The number of hydrogen-bond acceptors (Lipinski definition) is 4. The number of rotatable bonds is 6. The van der Waals surface area contributed by atoms with Crippen molar-refractivity contribution in [1.29, 1.82) is 0 Å². The van der Waals surface area contributed by atoms with Gasteiger partial charge in [0.25, 0.3) is 5.91 Å². The molecule has 0 aliphatic carbocycles. The topological polar surface area (TPSA) is 64.6 Å². The number of halogens is 3. The Morgan fingerprint density at radius 1 is 1.04 bits per heavy atom. The minimum Gasteiger partial charge on any atom is -0.465 e. The zero-order chi connectivity index (χ0) is 19.2. The Labute approximate surface area is 147 Å². The van der Waals surface area contributed by atoms with E-state index in [0.29, 0.717) is 22.4 Å². The Morgan fingerprint density at radius 2 is 1.73 bits per heavy atom. The smallest absolute Gasteiger partial charge is 0.411 e. The van der Waals surface area contributed by atoms with Crippen LogP contribution in [0.3, 0.4) is 0 Å². The number of alkyl halides is 3. The highest BCUT2D eigenvalue weighted by Gasteiger charge is 2.27. The van der Waals surface area contributed by atoms with Gasteiger partial charge in [-0.25, -0.2) is 4.79 Å². The summed E-state index contributed by atoms with van der Waals surface area (Å²) in [4.78, 5) is 23.7. The molecule has 26 heavy (non-hydrogen) atoms. The van der Waals surface area contributed by atoms with Crippen LogP contribution in [0, 0.1) is 0 Å². The SMILES string of the molecule is COC(=O)c1cccc(NC(=O)c2ccc(COCC(F)(F)F)cc2)c1. The first-order valence-electron chi connectivity index (χ1n) is 7.51. The molecule has 0 bridgehead atoms. The Kier molecular flexibility index (Phi) is 6.35. The van der Waals surface area contributed by atoms with Crippen molar-refractivity contribution in [1.82, 2.24) is 0 Å². The highest BCUT2D eigenvalue weighted by Crippen LogP contribution is 2.16. The second-order valence-electron chi connectivity index (χ2n) is 5.33. The molecule has 0 spiro atoms. The van der Waals surface area contributed by atoms with Gasteiger partial charge in [0.2, 0.25) is 0 Å². The van der Waals surface area contributed by atoms with Crippen molar-refractivity contribution in [2.45, 2.75) is 12.8 Å². The lowest BCUT2D eigenvalue weighted by molar-refractivity contribution is -0.176. The molecule has 0 saturated carbocycles. The monoisotopic (exact) mass is 367 g/mol. The first kappa shape index (κ1) is 19.5. The second-order valence-corrected chi connectivity index (χ2v) is 5.33. The van der Waals surface area contributed by atoms with E-state index in [1.807, 2.05) is 0 Å². The van der Waals surface area contributed by atoms with E-state index < -0.39 is 24.7 Å². The molecule has 0 fully saturated rings. The fraction of sp³-hybridized carbons (Fsp3) is 0.222. The van der Waals surface area contributed by atoms with Crippen LogP contribution in [0.5, 0.6) is 0 Å². The van der Waals surface area contributed by atoms with Crippen LogP contribution in [0.1, 0.15) is 26.3 Å². The summed E-state index contributed by atoms with van der Waals surface area (Å²) in [5.41, 5.74) is 1.53. The van der Waals surface area contributed by atoms with Gasteiger partial charge in [-0.1, -0.05) is 18.2 Å². The zero-order valence-electron chi connectivity index (χ0n) is 13.8. The molecular formula is C18H16F3NO4. The molecule has 2 rings (SSSR count). The molecule has 0 aliphatic rings. The summed E-state index contributed by atoms with van der Waals surface area (Å²) in [5.74, 6) is -0.945. The fourth-order valence-electron chi connectivity index (χ4n) is 2.08. The van der Waals surface area contributed by atoms with Crippen LogP contribution in [0.2, 0.25) is 0 Å². The number of methoxy groups -OCH3 is 1. The third-order valence-corrected chi connectivity index (χ3v) is 3.29. The number of carbonyl (C=O) groups is 2. The predicted octanol–water partition coefficient (Wildman–Crippen LogP) is 3.80. The third kappa shape index (κ3) is 5.89. The molecular weight excluding hydrogens is 351 g/mol. The van der Waals surface area contributed by atoms with Crippen molar-refractivity contribution in [2.24, 2.45) is 0 Å². The standard InChI is InChI=1S/C18H16F3NO4/c1-25-17(24)14-3-2-4-15(9-14)22-16(23)13-7-5-12(6-8-13)10-26-11-18(19,20)21/h2-9H,10-11H2,1H3,(H,22,23). The Bertz CT molecular complexity index is 773. The zero-order valence-corrected chi connectivity index (χ0v) is 13.8. The first-order chi connectivity index (χ1) is 12.3. The minimum absolute atomic E-state index is 0.206. The highest BCUT2D eigenvalue weighted by molar-refractivity contribution is 6.04. The van der Waals surface area contributed by atoms with Crippen LogP contribution in [0.25, 0.3) is 0 Å². The summed E-state index contributed by atoms with van der Waals surface area (Å²) in [6.45, 7) is -1.53. The molecule has 1 amide bonds. The van der Waals surface area contributed by atoms with E-state index in [1.165, 1.54) is 37.4 Å². The van der Waals surface area contributed by atoms with Crippen molar-refractivity contribution in [3.8, 4) is 0 Å². The lowest BCUT2D eigenvalue weighted by atomic mass is 10.1. The number of amides is 1. The number of benzene rings is 2. The van der Waals surface area contributed by atoms with Gasteiger partial charge < -0.3 is 14.8 Å². The lowest BCUT2D eigenvalue weighted by Gasteiger charge is -2.09. The molecule has 0 atom stereocenters. The highest BCUT2D eigenvalue weighted by atomic mass is 19.4. The van der Waals surface area contributed by atoms with Crippen molar-refractivity contribution < 1.29 is 32.2 Å². The molecule has 2 aromatic carbocycles. The quantitative estimate of drug-likeness (QED) is 0.789. The second kappa shape index (κ2) is 8.48. The molecule has 0 unspecified atom stereocenters. The molecule has 0 radical (unpaired) electrons. The summed E-state index contributed by atoms with van der Waals surface area (Å²) >= 11 is 0. The van der Waals surface area contributed by atoms with Gasteiger partial charge in [0.05, 0.1) is 19.3 Å². The summed E-state index contributed by atoms with van der Waals surface area (Å²) in [6, 6.07) is 12.2. The van der Waals surface area contributed by atoms with E-state index in [-0.39, 0.29) is 6.61 Å². The molecule has 0 heterocycles. The van der Waals surface area contributed by atoms with E-state index in [1.54, 1.807) is 18.2 Å². The minimum atomic E-state index is -4.38. The maximum absolute atomic E-state index is 12.2. The van der Waals surface area contributed by atoms with E-state index in [9.17, 15) is 22.8 Å². The van der Waals surface area contributed by atoms with Crippen LogP contribution in [0.15, 0.2) is 48.5 Å².